The molecule has 0 aromatic heterocycles. The van der Waals surface area contributed by atoms with Crippen LogP contribution in [0.3, 0.4) is 0 Å². The van der Waals surface area contributed by atoms with E-state index in [1.807, 2.05) is 42.5 Å². The van der Waals surface area contributed by atoms with Crippen molar-refractivity contribution in [3.8, 4) is 5.75 Å². The summed E-state index contributed by atoms with van der Waals surface area (Å²) < 4.78 is 5.93. The lowest BCUT2D eigenvalue weighted by Crippen LogP contribution is -1.95. The van der Waals surface area contributed by atoms with Crippen LogP contribution in [0.25, 0.3) is 10.8 Å². The maximum atomic E-state index is 5.93. The van der Waals surface area contributed by atoms with E-state index in [4.69, 9.17) is 4.52 Å². The zero-order chi connectivity index (χ0) is 12.2. The van der Waals surface area contributed by atoms with Gasteiger partial charge in [0.15, 0.2) is 0 Å². The van der Waals surface area contributed by atoms with Gasteiger partial charge in [-0.2, -0.15) is 0 Å². The van der Waals surface area contributed by atoms with Gasteiger partial charge in [0.25, 0.3) is 0 Å². The van der Waals surface area contributed by atoms with Gasteiger partial charge in [-0.05, 0) is 11.5 Å². The van der Waals surface area contributed by atoms with Gasteiger partial charge in [-0.25, -0.2) is 0 Å². The second kappa shape index (κ2) is 5.20. The summed E-state index contributed by atoms with van der Waals surface area (Å²) in [5, 5.41) is 3.60. The van der Waals surface area contributed by atoms with Crippen LogP contribution in [0.1, 0.15) is 0 Å². The number of hydrogen-bond acceptors (Lipinski definition) is 1. The summed E-state index contributed by atoms with van der Waals surface area (Å²) in [6, 6.07) is 24.7. The van der Waals surface area contributed by atoms with Crippen molar-refractivity contribution < 1.29 is 4.52 Å². The minimum Gasteiger partial charge on any atom is -0.472 e. The zero-order valence-electron chi connectivity index (χ0n) is 9.84. The zero-order valence-corrected chi connectivity index (χ0v) is 10.8. The predicted molar refractivity (Wildman–Crippen MR) is 79.0 cm³/mol. The van der Waals surface area contributed by atoms with E-state index in [9.17, 15) is 0 Å². The number of rotatable bonds is 3. The lowest BCUT2D eigenvalue weighted by molar-refractivity contribution is 0.646. The van der Waals surface area contributed by atoms with Crippen molar-refractivity contribution in [2.24, 2.45) is 0 Å². The minimum atomic E-state index is 0.345. The Hall–Kier alpha value is -1.85. The molecule has 18 heavy (non-hydrogen) atoms. The highest BCUT2D eigenvalue weighted by atomic mass is 31.1. The van der Waals surface area contributed by atoms with E-state index in [2.05, 4.69) is 30.3 Å². The molecule has 0 aliphatic rings. The predicted octanol–water partition coefficient (Wildman–Crippen LogP) is 4.14. The first-order valence-corrected chi connectivity index (χ1v) is 6.80. The Morgan fingerprint density at radius 1 is 0.667 bits per heavy atom. The average molecular weight is 252 g/mol. The van der Waals surface area contributed by atoms with E-state index in [-0.39, 0.29) is 0 Å². The fourth-order valence-corrected chi connectivity index (χ4v) is 2.64. The molecule has 3 aromatic rings. The van der Waals surface area contributed by atoms with E-state index >= 15 is 0 Å². The topological polar surface area (TPSA) is 9.23 Å². The second-order valence-corrected chi connectivity index (χ2v) is 5.03. The lowest BCUT2D eigenvalue weighted by atomic mass is 10.1. The Bertz CT molecular complexity index is 644. The Kier molecular flexibility index (Phi) is 3.25. The van der Waals surface area contributed by atoms with Crippen LogP contribution in [0, 0.1) is 0 Å². The van der Waals surface area contributed by atoms with Crippen LogP contribution >= 0.6 is 8.81 Å². The molecule has 1 atom stereocenters. The number of benzene rings is 3. The summed E-state index contributed by atoms with van der Waals surface area (Å²) in [5.74, 6) is 0.954. The third-order valence-corrected chi connectivity index (χ3v) is 3.69. The smallest absolute Gasteiger partial charge is 0.131 e. The summed E-state index contributed by atoms with van der Waals surface area (Å²) in [4.78, 5) is 0. The van der Waals surface area contributed by atoms with E-state index in [1.165, 1.54) is 16.1 Å². The molecule has 88 valence electrons. The highest BCUT2D eigenvalue weighted by Gasteiger charge is 2.01. The highest BCUT2D eigenvalue weighted by molar-refractivity contribution is 7.42. The van der Waals surface area contributed by atoms with E-state index in [1.54, 1.807) is 0 Å². The number of hydrogen-bond donors (Lipinski definition) is 0. The molecule has 0 spiro atoms. The van der Waals surface area contributed by atoms with Crippen molar-refractivity contribution in [3.63, 3.8) is 0 Å². The van der Waals surface area contributed by atoms with Crippen LogP contribution in [0.5, 0.6) is 5.75 Å². The number of fused-ring (bicyclic) bond motifs is 1. The van der Waals surface area contributed by atoms with Crippen molar-refractivity contribution in [1.29, 1.82) is 0 Å². The molecule has 0 fully saturated rings. The Labute approximate surface area is 108 Å². The van der Waals surface area contributed by atoms with Crippen LogP contribution in [0.4, 0.5) is 0 Å². The largest absolute Gasteiger partial charge is 0.472 e. The van der Waals surface area contributed by atoms with Crippen molar-refractivity contribution in [2.45, 2.75) is 0 Å². The summed E-state index contributed by atoms with van der Waals surface area (Å²) in [6.45, 7) is 0. The quantitative estimate of drug-likeness (QED) is 0.637. The fraction of sp³-hybridized carbons (Fsp3) is 0. The normalized spacial score (nSPS) is 11.1. The standard InChI is InChI=1S/C16H13OP/c1-2-9-14(10-3-1)18-17-16-12-6-8-13-7-4-5-11-15(13)16/h1-12,18H. The molecular weight excluding hydrogens is 239 g/mol. The van der Waals surface area contributed by atoms with Crippen LogP contribution in [0.15, 0.2) is 72.8 Å². The average Bonchev–Trinajstić information content (AvgIpc) is 2.46. The van der Waals surface area contributed by atoms with Gasteiger partial charge in [0, 0.05) is 10.7 Å². The van der Waals surface area contributed by atoms with Gasteiger partial charge < -0.3 is 4.52 Å². The minimum absolute atomic E-state index is 0.345. The molecule has 1 nitrogen and oxygen atoms in total. The molecule has 0 heterocycles. The van der Waals surface area contributed by atoms with Gasteiger partial charge in [0.1, 0.15) is 14.6 Å². The third kappa shape index (κ3) is 2.37. The highest BCUT2D eigenvalue weighted by Crippen LogP contribution is 2.29. The molecule has 0 saturated carbocycles. The third-order valence-electron chi connectivity index (χ3n) is 2.80. The summed E-state index contributed by atoms with van der Waals surface area (Å²) in [7, 11) is 0.345. The SMILES string of the molecule is c1ccc(POc2cccc3ccccc23)cc1. The molecular formula is C16H13OP. The van der Waals surface area contributed by atoms with Gasteiger partial charge >= 0.3 is 0 Å². The van der Waals surface area contributed by atoms with Crippen LogP contribution in [-0.2, 0) is 0 Å². The second-order valence-electron chi connectivity index (χ2n) is 4.05. The van der Waals surface area contributed by atoms with Crippen molar-refractivity contribution in [3.05, 3.63) is 72.8 Å². The van der Waals surface area contributed by atoms with Gasteiger partial charge in [0.05, 0.1) is 0 Å². The van der Waals surface area contributed by atoms with Crippen molar-refractivity contribution >= 4 is 24.9 Å². The Balaban J connectivity index is 1.87. The Morgan fingerprint density at radius 2 is 1.39 bits per heavy atom. The molecule has 0 bridgehead atoms. The van der Waals surface area contributed by atoms with Crippen LogP contribution in [0.2, 0.25) is 0 Å². The molecule has 3 rings (SSSR count). The summed E-state index contributed by atoms with van der Waals surface area (Å²) in [5.41, 5.74) is 0. The molecule has 0 radical (unpaired) electrons. The molecule has 0 aliphatic heterocycles. The first kappa shape index (κ1) is 11.3. The summed E-state index contributed by atoms with van der Waals surface area (Å²) >= 11 is 0. The van der Waals surface area contributed by atoms with E-state index in [0.29, 0.717) is 8.81 Å². The van der Waals surface area contributed by atoms with Crippen molar-refractivity contribution in [1.82, 2.24) is 0 Å². The summed E-state index contributed by atoms with van der Waals surface area (Å²) in [6.07, 6.45) is 0. The monoisotopic (exact) mass is 252 g/mol. The van der Waals surface area contributed by atoms with E-state index < -0.39 is 0 Å². The fourth-order valence-electron chi connectivity index (χ4n) is 1.90. The van der Waals surface area contributed by atoms with Crippen LogP contribution in [-0.4, -0.2) is 0 Å². The maximum Gasteiger partial charge on any atom is 0.131 e. The van der Waals surface area contributed by atoms with Crippen molar-refractivity contribution in [2.75, 3.05) is 0 Å². The van der Waals surface area contributed by atoms with Gasteiger partial charge in [-0.1, -0.05) is 66.7 Å². The Morgan fingerprint density at radius 3 is 2.28 bits per heavy atom. The molecule has 0 N–H and O–H groups in total. The maximum absolute atomic E-state index is 5.93. The van der Waals surface area contributed by atoms with Gasteiger partial charge in [-0.3, -0.25) is 0 Å². The molecule has 0 aliphatic carbocycles. The molecule has 3 aromatic carbocycles. The molecule has 1 unspecified atom stereocenters. The molecule has 0 saturated heterocycles. The first-order chi connectivity index (χ1) is 8.93. The van der Waals surface area contributed by atoms with Gasteiger partial charge in [0.2, 0.25) is 0 Å². The molecule has 0 amide bonds. The molecule has 2 heteroatoms. The van der Waals surface area contributed by atoms with E-state index in [0.717, 1.165) is 5.75 Å². The lowest BCUT2D eigenvalue weighted by Gasteiger charge is -2.08. The van der Waals surface area contributed by atoms with Crippen LogP contribution < -0.4 is 9.83 Å². The first-order valence-electron chi connectivity index (χ1n) is 5.89. The van der Waals surface area contributed by atoms with Gasteiger partial charge in [-0.15, -0.1) is 0 Å².